The molecule has 0 saturated carbocycles. The van der Waals surface area contributed by atoms with Crippen molar-refractivity contribution < 1.29 is 8.42 Å². The van der Waals surface area contributed by atoms with Gasteiger partial charge < -0.3 is 0 Å². The number of sulfonamides is 1. The van der Waals surface area contributed by atoms with Gasteiger partial charge in [-0.25, -0.2) is 13.1 Å². The molecule has 0 heterocycles. The fourth-order valence-corrected chi connectivity index (χ4v) is 3.26. The van der Waals surface area contributed by atoms with Crippen LogP contribution in [0.5, 0.6) is 0 Å². The minimum absolute atomic E-state index is 0.217. The third-order valence-electron chi connectivity index (χ3n) is 3.56. The zero-order valence-electron chi connectivity index (χ0n) is 12.9. The number of benzene rings is 2. The Kier molecular flexibility index (Phi) is 5.27. The standard InChI is InChI=1S/C17H20ClNO2S/c1-12(2)15-6-8-16(9-7-15)22(20,21)19-11-14-5-4-13(3)17(18)10-14/h4-10,12,19H,11H2,1-3H3. The predicted molar refractivity (Wildman–Crippen MR) is 90.7 cm³/mol. The smallest absolute Gasteiger partial charge is 0.207 e. The van der Waals surface area contributed by atoms with Crippen molar-refractivity contribution in [3.8, 4) is 0 Å². The van der Waals surface area contributed by atoms with Gasteiger partial charge in [0.2, 0.25) is 10.0 Å². The van der Waals surface area contributed by atoms with E-state index in [2.05, 4.69) is 18.6 Å². The molecule has 0 aliphatic heterocycles. The molecule has 0 spiro atoms. The van der Waals surface area contributed by atoms with Crippen LogP contribution >= 0.6 is 11.6 Å². The van der Waals surface area contributed by atoms with Crippen LogP contribution in [0.3, 0.4) is 0 Å². The van der Waals surface area contributed by atoms with Crippen molar-refractivity contribution in [2.75, 3.05) is 0 Å². The lowest BCUT2D eigenvalue weighted by Crippen LogP contribution is -2.23. The van der Waals surface area contributed by atoms with Gasteiger partial charge in [0, 0.05) is 11.6 Å². The third kappa shape index (κ3) is 4.09. The first-order chi connectivity index (χ1) is 10.3. The first-order valence-corrected chi connectivity index (χ1v) is 9.00. The highest BCUT2D eigenvalue weighted by atomic mass is 35.5. The van der Waals surface area contributed by atoms with Crippen LogP contribution in [0.4, 0.5) is 0 Å². The van der Waals surface area contributed by atoms with Crippen molar-refractivity contribution in [3.05, 3.63) is 64.2 Å². The number of hydrogen-bond acceptors (Lipinski definition) is 2. The van der Waals surface area contributed by atoms with Gasteiger partial charge in [-0.05, 0) is 47.7 Å². The molecule has 2 rings (SSSR count). The molecule has 0 aliphatic carbocycles. The van der Waals surface area contributed by atoms with Gasteiger partial charge in [-0.15, -0.1) is 0 Å². The largest absolute Gasteiger partial charge is 0.240 e. The first kappa shape index (κ1) is 17.0. The van der Waals surface area contributed by atoms with Crippen LogP contribution in [0.1, 0.15) is 36.5 Å². The van der Waals surface area contributed by atoms with Crippen LogP contribution in [0.15, 0.2) is 47.4 Å². The van der Waals surface area contributed by atoms with Crippen molar-refractivity contribution in [1.82, 2.24) is 4.72 Å². The van der Waals surface area contributed by atoms with Crippen LogP contribution in [0.25, 0.3) is 0 Å². The van der Waals surface area contributed by atoms with Gasteiger partial charge in [0.25, 0.3) is 0 Å². The predicted octanol–water partition coefficient (Wildman–Crippen LogP) is 4.25. The summed E-state index contributed by atoms with van der Waals surface area (Å²) in [6.07, 6.45) is 0. The highest BCUT2D eigenvalue weighted by Crippen LogP contribution is 2.19. The number of halogens is 1. The second kappa shape index (κ2) is 6.82. The molecular weight excluding hydrogens is 318 g/mol. The summed E-state index contributed by atoms with van der Waals surface area (Å²) in [6.45, 7) is 6.27. The monoisotopic (exact) mass is 337 g/mol. The average Bonchev–Trinajstić information content (AvgIpc) is 2.48. The zero-order valence-corrected chi connectivity index (χ0v) is 14.5. The fourth-order valence-electron chi connectivity index (χ4n) is 2.04. The summed E-state index contributed by atoms with van der Waals surface area (Å²) < 4.78 is 27.2. The van der Waals surface area contributed by atoms with Crippen molar-refractivity contribution >= 4 is 21.6 Å². The normalized spacial score (nSPS) is 11.9. The molecule has 0 aromatic heterocycles. The molecule has 0 bridgehead atoms. The van der Waals surface area contributed by atoms with Gasteiger partial charge in [-0.3, -0.25) is 0 Å². The van der Waals surface area contributed by atoms with E-state index in [0.29, 0.717) is 10.9 Å². The van der Waals surface area contributed by atoms with Crippen LogP contribution in [0.2, 0.25) is 5.02 Å². The summed E-state index contributed by atoms with van der Waals surface area (Å²) in [4.78, 5) is 0.273. The van der Waals surface area contributed by atoms with Gasteiger partial charge in [0.1, 0.15) is 0 Å². The van der Waals surface area contributed by atoms with Gasteiger partial charge in [0.05, 0.1) is 4.90 Å². The topological polar surface area (TPSA) is 46.2 Å². The molecule has 0 atom stereocenters. The van der Waals surface area contributed by atoms with E-state index in [1.807, 2.05) is 31.2 Å². The Morgan fingerprint density at radius 3 is 2.27 bits per heavy atom. The van der Waals surface area contributed by atoms with Gasteiger partial charge in [-0.1, -0.05) is 49.7 Å². The van der Waals surface area contributed by atoms with Crippen molar-refractivity contribution in [2.45, 2.75) is 38.1 Å². The summed E-state index contributed by atoms with van der Waals surface area (Å²) in [7, 11) is -3.52. The number of nitrogens with one attached hydrogen (secondary N) is 1. The lowest BCUT2D eigenvalue weighted by atomic mass is 10.0. The summed E-state index contributed by atoms with van der Waals surface area (Å²) in [6, 6.07) is 12.5. The van der Waals surface area contributed by atoms with E-state index in [-0.39, 0.29) is 11.4 Å². The molecule has 0 radical (unpaired) electrons. The quantitative estimate of drug-likeness (QED) is 0.886. The van der Waals surface area contributed by atoms with Crippen LogP contribution < -0.4 is 4.72 Å². The number of rotatable bonds is 5. The lowest BCUT2D eigenvalue weighted by Gasteiger charge is -2.10. The number of hydrogen-bond donors (Lipinski definition) is 1. The van der Waals surface area contributed by atoms with E-state index in [1.165, 1.54) is 0 Å². The average molecular weight is 338 g/mol. The van der Waals surface area contributed by atoms with E-state index < -0.39 is 10.0 Å². The Labute approximate surface area is 137 Å². The van der Waals surface area contributed by atoms with E-state index in [0.717, 1.165) is 16.7 Å². The van der Waals surface area contributed by atoms with Crippen LogP contribution in [-0.2, 0) is 16.6 Å². The molecular formula is C17H20ClNO2S. The summed E-state index contributed by atoms with van der Waals surface area (Å²) in [5.74, 6) is 0.374. The minimum Gasteiger partial charge on any atom is -0.207 e. The van der Waals surface area contributed by atoms with Crippen LogP contribution in [0, 0.1) is 6.92 Å². The second-order valence-electron chi connectivity index (χ2n) is 5.63. The van der Waals surface area contributed by atoms with E-state index in [9.17, 15) is 8.42 Å². The zero-order chi connectivity index (χ0) is 16.3. The molecule has 0 unspecified atom stereocenters. The lowest BCUT2D eigenvalue weighted by molar-refractivity contribution is 0.581. The maximum absolute atomic E-state index is 12.3. The number of aryl methyl sites for hydroxylation is 1. The molecule has 0 aliphatic rings. The molecule has 0 saturated heterocycles. The SMILES string of the molecule is Cc1ccc(CNS(=O)(=O)c2ccc(C(C)C)cc2)cc1Cl. The van der Waals surface area contributed by atoms with Gasteiger partial charge in [0.15, 0.2) is 0 Å². The molecule has 0 amide bonds. The summed E-state index contributed by atoms with van der Waals surface area (Å²) >= 11 is 6.05. The highest BCUT2D eigenvalue weighted by molar-refractivity contribution is 7.89. The molecule has 118 valence electrons. The summed E-state index contributed by atoms with van der Waals surface area (Å²) in [5, 5.41) is 0.637. The maximum Gasteiger partial charge on any atom is 0.240 e. The molecule has 3 nitrogen and oxygen atoms in total. The van der Waals surface area contributed by atoms with Gasteiger partial charge >= 0.3 is 0 Å². The van der Waals surface area contributed by atoms with Crippen molar-refractivity contribution in [3.63, 3.8) is 0 Å². The van der Waals surface area contributed by atoms with E-state index in [1.54, 1.807) is 18.2 Å². The van der Waals surface area contributed by atoms with E-state index in [4.69, 9.17) is 11.6 Å². The van der Waals surface area contributed by atoms with E-state index >= 15 is 0 Å². The Balaban J connectivity index is 2.12. The van der Waals surface area contributed by atoms with Crippen molar-refractivity contribution in [1.29, 1.82) is 0 Å². The Hall–Kier alpha value is -1.36. The Morgan fingerprint density at radius 1 is 1.09 bits per heavy atom. The fraction of sp³-hybridized carbons (Fsp3) is 0.294. The molecule has 22 heavy (non-hydrogen) atoms. The van der Waals surface area contributed by atoms with Crippen molar-refractivity contribution in [2.24, 2.45) is 0 Å². The van der Waals surface area contributed by atoms with Gasteiger partial charge in [-0.2, -0.15) is 0 Å². The molecule has 1 N–H and O–H groups in total. The Bertz CT molecular complexity index is 753. The minimum atomic E-state index is -3.52. The molecule has 0 fully saturated rings. The Morgan fingerprint density at radius 2 is 1.73 bits per heavy atom. The maximum atomic E-state index is 12.3. The molecule has 2 aromatic carbocycles. The molecule has 5 heteroatoms. The second-order valence-corrected chi connectivity index (χ2v) is 7.81. The van der Waals surface area contributed by atoms with Crippen LogP contribution in [-0.4, -0.2) is 8.42 Å². The molecule has 2 aromatic rings. The third-order valence-corrected chi connectivity index (χ3v) is 5.38. The first-order valence-electron chi connectivity index (χ1n) is 7.14. The highest BCUT2D eigenvalue weighted by Gasteiger charge is 2.14. The summed E-state index contributed by atoms with van der Waals surface area (Å²) in [5.41, 5.74) is 2.92.